The molecule has 3 nitrogen and oxygen atoms in total. The molecule has 112 valence electrons. The van der Waals surface area contributed by atoms with Gasteiger partial charge in [-0.25, -0.2) is 0 Å². The van der Waals surface area contributed by atoms with Crippen molar-refractivity contribution in [2.75, 3.05) is 12.8 Å². The van der Waals surface area contributed by atoms with Gasteiger partial charge in [-0.15, -0.1) is 11.3 Å². The van der Waals surface area contributed by atoms with E-state index in [1.54, 1.807) is 34.2 Å². The zero-order valence-electron chi connectivity index (χ0n) is 11.8. The Hall–Kier alpha value is -0.850. The van der Waals surface area contributed by atoms with E-state index in [1.807, 2.05) is 30.6 Å². The number of thioether (sulfide) groups is 1. The highest BCUT2D eigenvalue weighted by atomic mass is 79.9. The van der Waals surface area contributed by atoms with Crippen LogP contribution in [0.3, 0.4) is 0 Å². The summed E-state index contributed by atoms with van der Waals surface area (Å²) >= 11 is 6.84. The van der Waals surface area contributed by atoms with Crippen molar-refractivity contribution in [3.63, 3.8) is 0 Å². The minimum Gasteiger partial charge on any atom is -0.341 e. The zero-order valence-corrected chi connectivity index (χ0v) is 15.0. The fourth-order valence-corrected chi connectivity index (χ4v) is 4.12. The van der Waals surface area contributed by atoms with E-state index in [9.17, 15) is 4.79 Å². The Morgan fingerprint density at radius 2 is 2.33 bits per heavy atom. The molecule has 6 heteroatoms. The maximum Gasteiger partial charge on any atom is 0.223 e. The summed E-state index contributed by atoms with van der Waals surface area (Å²) in [5.41, 5.74) is 1.06. The molecule has 0 atom stereocenters. The van der Waals surface area contributed by atoms with Crippen molar-refractivity contribution < 1.29 is 4.79 Å². The first-order valence-electron chi connectivity index (χ1n) is 6.59. The molecule has 21 heavy (non-hydrogen) atoms. The van der Waals surface area contributed by atoms with E-state index in [0.29, 0.717) is 13.0 Å². The third kappa shape index (κ3) is 5.80. The molecule has 0 aliphatic heterocycles. The third-order valence-corrected chi connectivity index (χ3v) is 5.55. The molecule has 0 aromatic carbocycles. The molecule has 1 amide bonds. The summed E-state index contributed by atoms with van der Waals surface area (Å²) < 4.78 is 1.08. The molecule has 0 spiro atoms. The molecule has 0 saturated heterocycles. The number of halogens is 1. The van der Waals surface area contributed by atoms with Crippen LogP contribution in [-0.4, -0.2) is 28.6 Å². The monoisotopic (exact) mass is 384 g/mol. The molecule has 0 saturated carbocycles. The van der Waals surface area contributed by atoms with Crippen molar-refractivity contribution in [3.8, 4) is 0 Å². The first kappa shape index (κ1) is 16.5. The molecular weight excluding hydrogens is 368 g/mol. The van der Waals surface area contributed by atoms with Gasteiger partial charge in [0.1, 0.15) is 0 Å². The van der Waals surface area contributed by atoms with Crippen LogP contribution in [0.15, 0.2) is 40.3 Å². The molecule has 0 N–H and O–H groups in total. The fraction of sp³-hybridized carbons (Fsp3) is 0.333. The summed E-state index contributed by atoms with van der Waals surface area (Å²) in [6, 6.07) is 7.97. The van der Waals surface area contributed by atoms with E-state index in [2.05, 4.69) is 27.0 Å². The summed E-state index contributed by atoms with van der Waals surface area (Å²) in [7, 11) is 1.86. The molecule has 2 rings (SSSR count). The van der Waals surface area contributed by atoms with Crippen molar-refractivity contribution in [3.05, 3.63) is 50.9 Å². The maximum atomic E-state index is 12.1. The van der Waals surface area contributed by atoms with Gasteiger partial charge in [-0.05, 0) is 34.1 Å². The molecule has 0 aliphatic carbocycles. The number of thiophene rings is 1. The lowest BCUT2D eigenvalue weighted by atomic mass is 10.4. The Balaban J connectivity index is 1.67. The van der Waals surface area contributed by atoms with Gasteiger partial charge in [-0.3, -0.25) is 9.78 Å². The Kier molecular flexibility index (Phi) is 6.73. The number of carbonyl (C=O) groups excluding carboxylic acids is 1. The number of hydrogen-bond donors (Lipinski definition) is 0. The normalized spacial score (nSPS) is 10.6. The smallest absolute Gasteiger partial charge is 0.223 e. The molecule has 0 bridgehead atoms. The SMILES string of the molecule is CN(Cc1cc(Br)cs1)C(=O)CCSCc1ccccn1. The number of amides is 1. The number of carbonyl (C=O) groups is 1. The Bertz CT molecular complexity index is 574. The van der Waals surface area contributed by atoms with Gasteiger partial charge in [0, 0.05) is 45.9 Å². The summed E-state index contributed by atoms with van der Waals surface area (Å²) in [6.07, 6.45) is 2.37. The van der Waals surface area contributed by atoms with Gasteiger partial charge >= 0.3 is 0 Å². The highest BCUT2D eigenvalue weighted by Gasteiger charge is 2.10. The Morgan fingerprint density at radius 1 is 1.48 bits per heavy atom. The molecule has 2 aromatic heterocycles. The average molecular weight is 385 g/mol. The lowest BCUT2D eigenvalue weighted by Crippen LogP contribution is -2.26. The van der Waals surface area contributed by atoms with Crippen LogP contribution in [0.2, 0.25) is 0 Å². The fourth-order valence-electron chi connectivity index (χ4n) is 1.77. The predicted molar refractivity (Wildman–Crippen MR) is 93.5 cm³/mol. The highest BCUT2D eigenvalue weighted by Crippen LogP contribution is 2.21. The lowest BCUT2D eigenvalue weighted by molar-refractivity contribution is -0.129. The molecule has 0 fully saturated rings. The van der Waals surface area contributed by atoms with Crippen LogP contribution in [0.25, 0.3) is 0 Å². The van der Waals surface area contributed by atoms with Gasteiger partial charge in [0.05, 0.1) is 12.2 Å². The number of pyridine rings is 1. The van der Waals surface area contributed by atoms with E-state index in [4.69, 9.17) is 0 Å². The van der Waals surface area contributed by atoms with Gasteiger partial charge in [-0.2, -0.15) is 11.8 Å². The summed E-state index contributed by atoms with van der Waals surface area (Å²) in [4.78, 5) is 19.3. The van der Waals surface area contributed by atoms with Gasteiger partial charge in [0.15, 0.2) is 0 Å². The Morgan fingerprint density at radius 3 is 3.00 bits per heavy atom. The minimum atomic E-state index is 0.188. The molecular formula is C15H17BrN2OS2. The van der Waals surface area contributed by atoms with E-state index >= 15 is 0 Å². The van der Waals surface area contributed by atoms with E-state index < -0.39 is 0 Å². The van der Waals surface area contributed by atoms with Gasteiger partial charge in [0.25, 0.3) is 0 Å². The number of aromatic nitrogens is 1. The standard InChI is InChI=1S/C15H17BrN2OS2/c1-18(9-14-8-12(16)10-21-14)15(19)5-7-20-11-13-4-2-3-6-17-13/h2-4,6,8,10H,5,7,9,11H2,1H3. The van der Waals surface area contributed by atoms with E-state index in [0.717, 1.165) is 21.7 Å². The van der Waals surface area contributed by atoms with Crippen LogP contribution < -0.4 is 0 Å². The number of nitrogens with zero attached hydrogens (tertiary/aromatic N) is 2. The highest BCUT2D eigenvalue weighted by molar-refractivity contribution is 9.10. The van der Waals surface area contributed by atoms with Crippen LogP contribution in [0.1, 0.15) is 17.0 Å². The second kappa shape index (κ2) is 8.56. The van der Waals surface area contributed by atoms with Crippen molar-refractivity contribution in [1.29, 1.82) is 0 Å². The second-order valence-electron chi connectivity index (χ2n) is 4.60. The molecule has 2 aromatic rings. The van der Waals surface area contributed by atoms with Crippen molar-refractivity contribution in [2.24, 2.45) is 0 Å². The largest absolute Gasteiger partial charge is 0.341 e. The summed E-state index contributed by atoms with van der Waals surface area (Å²) in [6.45, 7) is 0.681. The van der Waals surface area contributed by atoms with Crippen LogP contribution in [-0.2, 0) is 17.1 Å². The summed E-state index contributed by atoms with van der Waals surface area (Å²) in [5, 5.41) is 2.04. The van der Waals surface area contributed by atoms with Crippen molar-refractivity contribution in [2.45, 2.75) is 18.7 Å². The van der Waals surface area contributed by atoms with Gasteiger partial charge in [-0.1, -0.05) is 6.07 Å². The molecule has 2 heterocycles. The zero-order chi connectivity index (χ0) is 15.1. The Labute approximate surface area is 141 Å². The van der Waals surface area contributed by atoms with Crippen LogP contribution in [0.4, 0.5) is 0 Å². The first-order valence-corrected chi connectivity index (χ1v) is 9.42. The molecule has 0 unspecified atom stereocenters. The van der Waals surface area contributed by atoms with E-state index in [1.165, 1.54) is 4.88 Å². The number of rotatable bonds is 7. The van der Waals surface area contributed by atoms with Gasteiger partial charge in [0.2, 0.25) is 5.91 Å². The first-order chi connectivity index (χ1) is 10.1. The van der Waals surface area contributed by atoms with Crippen molar-refractivity contribution in [1.82, 2.24) is 9.88 Å². The molecule has 0 radical (unpaired) electrons. The van der Waals surface area contributed by atoms with Crippen molar-refractivity contribution >= 4 is 44.9 Å². The lowest BCUT2D eigenvalue weighted by Gasteiger charge is -2.16. The van der Waals surface area contributed by atoms with Gasteiger partial charge < -0.3 is 4.90 Å². The predicted octanol–water partition coefficient (Wildman–Crippen LogP) is 4.19. The topological polar surface area (TPSA) is 33.2 Å². The maximum absolute atomic E-state index is 12.1. The quantitative estimate of drug-likeness (QED) is 0.671. The minimum absolute atomic E-state index is 0.188. The van der Waals surface area contributed by atoms with Crippen LogP contribution in [0.5, 0.6) is 0 Å². The second-order valence-corrected chi connectivity index (χ2v) is 7.62. The third-order valence-electron chi connectivity index (χ3n) is 2.88. The van der Waals surface area contributed by atoms with Crippen LogP contribution >= 0.6 is 39.0 Å². The summed E-state index contributed by atoms with van der Waals surface area (Å²) in [5.74, 6) is 1.87. The molecule has 0 aliphatic rings. The average Bonchev–Trinajstić information content (AvgIpc) is 2.89. The number of hydrogen-bond acceptors (Lipinski definition) is 4. The van der Waals surface area contributed by atoms with Crippen LogP contribution in [0, 0.1) is 0 Å². The van der Waals surface area contributed by atoms with E-state index in [-0.39, 0.29) is 5.91 Å².